The van der Waals surface area contributed by atoms with Gasteiger partial charge in [-0.1, -0.05) is 20.3 Å². The molecule has 0 saturated heterocycles. The maximum Gasteiger partial charge on any atom is 0.340 e. The van der Waals surface area contributed by atoms with Crippen molar-refractivity contribution in [3.8, 4) is 0 Å². The van der Waals surface area contributed by atoms with Crippen LogP contribution in [-0.4, -0.2) is 29.3 Å². The van der Waals surface area contributed by atoms with E-state index in [-0.39, 0.29) is 6.15 Å². The van der Waals surface area contributed by atoms with Gasteiger partial charge in [0.15, 0.2) is 0 Å². The van der Waals surface area contributed by atoms with Crippen LogP contribution in [0.2, 0.25) is 11.6 Å². The summed E-state index contributed by atoms with van der Waals surface area (Å²) in [5.41, 5.74) is 6.11. The van der Waals surface area contributed by atoms with Crippen molar-refractivity contribution in [1.29, 1.82) is 0 Å². The first-order valence-corrected chi connectivity index (χ1v) is 7.61. The van der Waals surface area contributed by atoms with E-state index < -0.39 is 8.56 Å². The van der Waals surface area contributed by atoms with Gasteiger partial charge in [0.1, 0.15) is 0 Å². The Bertz CT molecular complexity index is 135. The molecule has 0 aliphatic rings. The molecule has 4 nitrogen and oxygen atoms in total. The minimum atomic E-state index is -1.94. The third-order valence-corrected chi connectivity index (χ3v) is 7.36. The first kappa shape index (κ1) is 17.5. The first-order chi connectivity index (χ1) is 6.70. The minimum Gasteiger partial charge on any atom is -0.397 e. The Morgan fingerprint density at radius 2 is 1.73 bits per heavy atom. The van der Waals surface area contributed by atoms with Crippen LogP contribution in [-0.2, 0) is 8.85 Å². The molecule has 0 aromatic heterocycles. The summed E-state index contributed by atoms with van der Waals surface area (Å²) in [6, 6.07) is 1.02. The largest absolute Gasteiger partial charge is 0.397 e. The number of hydrogen-bond acceptors (Lipinski definition) is 4. The van der Waals surface area contributed by atoms with Crippen LogP contribution < -0.4 is 11.9 Å². The average Bonchev–Trinajstić information content (AvgIpc) is 2.25. The molecule has 94 valence electrons. The Morgan fingerprint density at radius 1 is 1.20 bits per heavy atom. The zero-order valence-corrected chi connectivity index (χ0v) is 11.7. The van der Waals surface area contributed by atoms with Crippen LogP contribution in [0.3, 0.4) is 0 Å². The summed E-state index contributed by atoms with van der Waals surface area (Å²) in [4.78, 5) is 0. The molecule has 15 heavy (non-hydrogen) atoms. The van der Waals surface area contributed by atoms with Gasteiger partial charge in [-0.25, -0.2) is 0 Å². The number of hydrogen-bond donors (Lipinski definition) is 2. The van der Waals surface area contributed by atoms with Gasteiger partial charge in [0.2, 0.25) is 0 Å². The molecule has 0 heterocycles. The lowest BCUT2D eigenvalue weighted by molar-refractivity contribution is 0.225. The standard InChI is InChI=1S/C10H25NO2Si.H3N/c1-5-10(8-7-9-11)14(6-2,12-3)13-4;/h10H,5-9,11H2,1-4H3;1H3. The zero-order valence-electron chi connectivity index (χ0n) is 10.7. The van der Waals surface area contributed by atoms with Crippen LogP contribution in [0.25, 0.3) is 0 Å². The fraction of sp³-hybridized carbons (Fsp3) is 1.00. The molecule has 0 aliphatic carbocycles. The molecule has 0 amide bonds. The van der Waals surface area contributed by atoms with Gasteiger partial charge in [0.25, 0.3) is 0 Å². The Balaban J connectivity index is 0. The van der Waals surface area contributed by atoms with E-state index in [1.165, 1.54) is 0 Å². The molecular formula is C10H28N2O2Si. The Hall–Kier alpha value is 0.0569. The van der Waals surface area contributed by atoms with Crippen molar-refractivity contribution >= 4 is 8.56 Å². The van der Waals surface area contributed by atoms with Gasteiger partial charge >= 0.3 is 8.56 Å². The first-order valence-electron chi connectivity index (χ1n) is 5.51. The predicted molar refractivity (Wildman–Crippen MR) is 67.6 cm³/mol. The minimum absolute atomic E-state index is 0. The molecule has 0 aromatic carbocycles. The van der Waals surface area contributed by atoms with E-state index in [0.29, 0.717) is 5.54 Å². The summed E-state index contributed by atoms with van der Waals surface area (Å²) in [6.45, 7) is 5.12. The van der Waals surface area contributed by atoms with Crippen LogP contribution in [0.15, 0.2) is 0 Å². The molecule has 0 bridgehead atoms. The third kappa shape index (κ3) is 4.61. The molecule has 0 fully saturated rings. The molecule has 1 unspecified atom stereocenters. The van der Waals surface area contributed by atoms with E-state index in [1.807, 2.05) is 0 Å². The van der Waals surface area contributed by atoms with Crippen LogP contribution in [0, 0.1) is 0 Å². The highest BCUT2D eigenvalue weighted by Crippen LogP contribution is 2.33. The van der Waals surface area contributed by atoms with Crippen molar-refractivity contribution in [2.75, 3.05) is 20.8 Å². The van der Waals surface area contributed by atoms with E-state index in [1.54, 1.807) is 14.2 Å². The highest BCUT2D eigenvalue weighted by Gasteiger charge is 2.41. The molecule has 5 N–H and O–H groups in total. The monoisotopic (exact) mass is 236 g/mol. The molecule has 0 spiro atoms. The average molecular weight is 236 g/mol. The number of nitrogens with two attached hydrogens (primary N) is 1. The topological polar surface area (TPSA) is 79.5 Å². The van der Waals surface area contributed by atoms with Crippen molar-refractivity contribution in [2.45, 2.75) is 44.7 Å². The van der Waals surface area contributed by atoms with E-state index in [9.17, 15) is 0 Å². The van der Waals surface area contributed by atoms with Crippen molar-refractivity contribution in [1.82, 2.24) is 6.15 Å². The Kier molecular flexibility index (Phi) is 10.8. The predicted octanol–water partition coefficient (Wildman–Crippen LogP) is 2.42. The fourth-order valence-corrected chi connectivity index (χ4v) is 5.35. The fourth-order valence-electron chi connectivity index (χ4n) is 2.09. The van der Waals surface area contributed by atoms with Crippen LogP contribution in [0.1, 0.15) is 33.1 Å². The lowest BCUT2D eigenvalue weighted by Gasteiger charge is -2.33. The summed E-state index contributed by atoms with van der Waals surface area (Å²) in [5, 5.41) is 0. The van der Waals surface area contributed by atoms with Gasteiger partial charge in [0, 0.05) is 19.8 Å². The van der Waals surface area contributed by atoms with Crippen molar-refractivity contribution in [3.05, 3.63) is 0 Å². The summed E-state index contributed by atoms with van der Waals surface area (Å²) in [7, 11) is 1.62. The van der Waals surface area contributed by atoms with Crippen LogP contribution in [0.5, 0.6) is 0 Å². The molecule has 0 aromatic rings. The van der Waals surface area contributed by atoms with Crippen molar-refractivity contribution in [2.24, 2.45) is 5.73 Å². The normalized spacial score (nSPS) is 13.4. The highest BCUT2D eigenvalue weighted by atomic mass is 28.4. The molecule has 1 atom stereocenters. The SMILES string of the molecule is CCC(CCCN)[Si](CC)(OC)OC.N. The van der Waals surface area contributed by atoms with Crippen molar-refractivity contribution in [3.63, 3.8) is 0 Å². The van der Waals surface area contributed by atoms with Gasteiger partial charge in [-0.05, 0) is 25.4 Å². The van der Waals surface area contributed by atoms with E-state index in [4.69, 9.17) is 14.6 Å². The summed E-state index contributed by atoms with van der Waals surface area (Å²) in [6.07, 6.45) is 3.33. The Labute approximate surface area is 95.4 Å². The van der Waals surface area contributed by atoms with Gasteiger partial charge in [0.05, 0.1) is 0 Å². The van der Waals surface area contributed by atoms with Gasteiger partial charge in [-0.3, -0.25) is 0 Å². The number of rotatable bonds is 8. The van der Waals surface area contributed by atoms with E-state index in [2.05, 4.69) is 13.8 Å². The van der Waals surface area contributed by atoms with Crippen molar-refractivity contribution < 1.29 is 8.85 Å². The van der Waals surface area contributed by atoms with Crippen LogP contribution in [0.4, 0.5) is 0 Å². The second kappa shape index (κ2) is 9.29. The summed E-state index contributed by atoms with van der Waals surface area (Å²) >= 11 is 0. The van der Waals surface area contributed by atoms with E-state index >= 15 is 0 Å². The Morgan fingerprint density at radius 3 is 2.00 bits per heavy atom. The third-order valence-electron chi connectivity index (χ3n) is 3.06. The lowest BCUT2D eigenvalue weighted by atomic mass is 10.2. The van der Waals surface area contributed by atoms with Crippen LogP contribution >= 0.6 is 0 Å². The highest BCUT2D eigenvalue weighted by molar-refractivity contribution is 6.68. The zero-order chi connectivity index (χ0) is 11.0. The lowest BCUT2D eigenvalue weighted by Crippen LogP contribution is -2.44. The maximum absolute atomic E-state index is 5.66. The molecule has 0 saturated carbocycles. The molecule has 0 aliphatic heterocycles. The van der Waals surface area contributed by atoms with Gasteiger partial charge < -0.3 is 20.7 Å². The second-order valence-electron chi connectivity index (χ2n) is 3.61. The molecular weight excluding hydrogens is 208 g/mol. The quantitative estimate of drug-likeness (QED) is 0.634. The molecule has 0 radical (unpaired) electrons. The smallest absolute Gasteiger partial charge is 0.340 e. The van der Waals surface area contributed by atoms with E-state index in [0.717, 1.165) is 31.9 Å². The van der Waals surface area contributed by atoms with Gasteiger partial charge in [-0.2, -0.15) is 0 Å². The van der Waals surface area contributed by atoms with Gasteiger partial charge in [-0.15, -0.1) is 0 Å². The summed E-state index contributed by atoms with van der Waals surface area (Å²) in [5.74, 6) is 0. The molecule has 5 heteroatoms. The summed E-state index contributed by atoms with van der Waals surface area (Å²) < 4.78 is 11.3. The molecule has 0 rings (SSSR count). The maximum atomic E-state index is 5.66. The second-order valence-corrected chi connectivity index (χ2v) is 7.57.